The van der Waals surface area contributed by atoms with Gasteiger partial charge in [0.2, 0.25) is 5.88 Å². The minimum atomic E-state index is 0. The fourth-order valence-corrected chi connectivity index (χ4v) is 0.723. The Hall–Kier alpha value is -0.510. The Balaban J connectivity index is 0.00000121. The van der Waals surface area contributed by atoms with Gasteiger partial charge in [-0.1, -0.05) is 11.6 Å². The van der Waals surface area contributed by atoms with Gasteiger partial charge in [-0.2, -0.15) is 0 Å². The maximum absolute atomic E-state index is 5.60. The van der Waals surface area contributed by atoms with Gasteiger partial charge in [0.25, 0.3) is 0 Å². The van der Waals surface area contributed by atoms with E-state index in [-0.39, 0.29) is 12.4 Å². The zero-order chi connectivity index (χ0) is 8.10. The summed E-state index contributed by atoms with van der Waals surface area (Å²) in [6, 6.07) is 3.43. The first-order valence-electron chi connectivity index (χ1n) is 3.27. The SMILES string of the molecule is Cl.NCCOc1ccc(Cl)cn1. The largest absolute Gasteiger partial charge is 0.476 e. The standard InChI is InChI=1S/C7H9ClN2O.ClH/c8-6-1-2-7(10-5-6)11-4-3-9;/h1-2,5H,3-4,9H2;1H. The average molecular weight is 209 g/mol. The molecule has 0 saturated carbocycles. The van der Waals surface area contributed by atoms with E-state index in [0.717, 1.165) is 0 Å². The topological polar surface area (TPSA) is 48.1 Å². The number of nitrogens with two attached hydrogens (primary N) is 1. The fourth-order valence-electron chi connectivity index (χ4n) is 0.611. The number of pyridine rings is 1. The Kier molecular flexibility index (Phi) is 5.80. The molecule has 0 aliphatic carbocycles. The summed E-state index contributed by atoms with van der Waals surface area (Å²) in [4.78, 5) is 3.91. The van der Waals surface area contributed by atoms with Crippen molar-refractivity contribution in [2.24, 2.45) is 5.73 Å². The lowest BCUT2D eigenvalue weighted by molar-refractivity contribution is 0.315. The van der Waals surface area contributed by atoms with Gasteiger partial charge >= 0.3 is 0 Å². The van der Waals surface area contributed by atoms with Crippen molar-refractivity contribution >= 4 is 24.0 Å². The van der Waals surface area contributed by atoms with Crippen LogP contribution in [0.1, 0.15) is 0 Å². The highest BCUT2D eigenvalue weighted by molar-refractivity contribution is 6.30. The second-order valence-electron chi connectivity index (χ2n) is 1.95. The molecule has 0 bridgehead atoms. The third-order valence-electron chi connectivity index (χ3n) is 1.07. The van der Waals surface area contributed by atoms with E-state index in [9.17, 15) is 0 Å². The number of hydrogen-bond donors (Lipinski definition) is 1. The van der Waals surface area contributed by atoms with E-state index >= 15 is 0 Å². The normalized spacial score (nSPS) is 8.83. The van der Waals surface area contributed by atoms with Gasteiger partial charge in [-0.15, -0.1) is 12.4 Å². The fraction of sp³-hybridized carbons (Fsp3) is 0.286. The molecular formula is C7H10Cl2N2O. The van der Waals surface area contributed by atoms with Crippen molar-refractivity contribution in [1.29, 1.82) is 0 Å². The Morgan fingerprint density at radius 1 is 1.50 bits per heavy atom. The molecule has 0 fully saturated rings. The van der Waals surface area contributed by atoms with Crippen molar-refractivity contribution in [3.8, 4) is 5.88 Å². The average Bonchev–Trinajstić information content (AvgIpc) is 2.04. The summed E-state index contributed by atoms with van der Waals surface area (Å²) in [6.45, 7) is 0.971. The van der Waals surface area contributed by atoms with E-state index in [4.69, 9.17) is 22.1 Å². The molecular weight excluding hydrogens is 199 g/mol. The highest BCUT2D eigenvalue weighted by Gasteiger charge is 1.92. The third-order valence-corrected chi connectivity index (χ3v) is 1.29. The van der Waals surface area contributed by atoms with E-state index < -0.39 is 0 Å². The first kappa shape index (κ1) is 11.5. The summed E-state index contributed by atoms with van der Waals surface area (Å²) in [7, 11) is 0. The van der Waals surface area contributed by atoms with Crippen LogP contribution in [-0.4, -0.2) is 18.1 Å². The molecule has 1 aromatic rings. The van der Waals surface area contributed by atoms with Gasteiger partial charge in [0.05, 0.1) is 5.02 Å². The molecule has 0 spiro atoms. The molecule has 1 heterocycles. The van der Waals surface area contributed by atoms with Crippen molar-refractivity contribution in [1.82, 2.24) is 4.98 Å². The minimum absolute atomic E-state index is 0. The van der Waals surface area contributed by atoms with Crippen molar-refractivity contribution in [3.05, 3.63) is 23.4 Å². The Labute approximate surface area is 82.3 Å². The minimum Gasteiger partial charge on any atom is -0.476 e. The molecule has 0 amide bonds. The monoisotopic (exact) mass is 208 g/mol. The number of rotatable bonds is 3. The molecule has 5 heteroatoms. The lowest BCUT2D eigenvalue weighted by Gasteiger charge is -2.01. The predicted molar refractivity (Wildman–Crippen MR) is 51.0 cm³/mol. The molecule has 1 rings (SSSR count). The van der Waals surface area contributed by atoms with Crippen molar-refractivity contribution in [3.63, 3.8) is 0 Å². The summed E-state index contributed by atoms with van der Waals surface area (Å²) >= 11 is 5.60. The zero-order valence-corrected chi connectivity index (χ0v) is 7.94. The van der Waals surface area contributed by atoms with Crippen LogP contribution in [-0.2, 0) is 0 Å². The third kappa shape index (κ3) is 3.76. The molecule has 0 aromatic carbocycles. The van der Waals surface area contributed by atoms with Gasteiger partial charge in [-0.25, -0.2) is 4.98 Å². The van der Waals surface area contributed by atoms with Crippen LogP contribution < -0.4 is 10.5 Å². The lowest BCUT2D eigenvalue weighted by atomic mass is 10.5. The molecule has 3 nitrogen and oxygen atoms in total. The van der Waals surface area contributed by atoms with E-state index in [1.165, 1.54) is 6.20 Å². The summed E-state index contributed by atoms with van der Waals surface area (Å²) in [5, 5.41) is 0.602. The molecule has 68 valence electrons. The van der Waals surface area contributed by atoms with Crippen LogP contribution in [0.5, 0.6) is 5.88 Å². The van der Waals surface area contributed by atoms with Gasteiger partial charge < -0.3 is 10.5 Å². The maximum Gasteiger partial charge on any atom is 0.213 e. The van der Waals surface area contributed by atoms with Crippen LogP contribution in [0, 0.1) is 0 Å². The number of aromatic nitrogens is 1. The predicted octanol–water partition coefficient (Wildman–Crippen LogP) is 1.49. The number of hydrogen-bond acceptors (Lipinski definition) is 3. The summed E-state index contributed by atoms with van der Waals surface area (Å²) < 4.78 is 5.12. The Bertz CT molecular complexity index is 215. The second-order valence-corrected chi connectivity index (χ2v) is 2.39. The van der Waals surface area contributed by atoms with Crippen LogP contribution in [0.25, 0.3) is 0 Å². The van der Waals surface area contributed by atoms with Gasteiger partial charge in [0, 0.05) is 18.8 Å². The van der Waals surface area contributed by atoms with E-state index in [2.05, 4.69) is 4.98 Å². The number of ether oxygens (including phenoxy) is 1. The Morgan fingerprint density at radius 2 is 2.25 bits per heavy atom. The van der Waals surface area contributed by atoms with Crippen LogP contribution in [0.3, 0.4) is 0 Å². The molecule has 0 aliphatic heterocycles. The number of nitrogens with zero attached hydrogens (tertiary/aromatic N) is 1. The quantitative estimate of drug-likeness (QED) is 0.820. The summed E-state index contributed by atoms with van der Waals surface area (Å²) in [5.74, 6) is 0.555. The first-order valence-corrected chi connectivity index (χ1v) is 3.65. The highest BCUT2D eigenvalue weighted by atomic mass is 35.5. The van der Waals surface area contributed by atoms with E-state index in [1.807, 2.05) is 0 Å². The molecule has 1 aromatic heterocycles. The van der Waals surface area contributed by atoms with Crippen LogP contribution >= 0.6 is 24.0 Å². The molecule has 0 saturated heterocycles. The maximum atomic E-state index is 5.60. The first-order chi connectivity index (χ1) is 5.33. The lowest BCUT2D eigenvalue weighted by Crippen LogP contribution is -2.11. The molecule has 0 aliphatic rings. The molecule has 2 N–H and O–H groups in total. The van der Waals surface area contributed by atoms with Crippen molar-refractivity contribution < 1.29 is 4.74 Å². The summed E-state index contributed by atoms with van der Waals surface area (Å²) in [5.41, 5.74) is 5.23. The van der Waals surface area contributed by atoms with Crippen molar-refractivity contribution in [2.45, 2.75) is 0 Å². The van der Waals surface area contributed by atoms with Crippen LogP contribution in [0.2, 0.25) is 5.02 Å². The summed E-state index contributed by atoms with van der Waals surface area (Å²) in [6.07, 6.45) is 1.54. The number of halogens is 2. The van der Waals surface area contributed by atoms with Gasteiger partial charge in [0.1, 0.15) is 6.61 Å². The molecule has 0 radical (unpaired) electrons. The van der Waals surface area contributed by atoms with Crippen LogP contribution in [0.15, 0.2) is 18.3 Å². The molecule has 12 heavy (non-hydrogen) atoms. The van der Waals surface area contributed by atoms with E-state index in [0.29, 0.717) is 24.1 Å². The smallest absolute Gasteiger partial charge is 0.213 e. The highest BCUT2D eigenvalue weighted by Crippen LogP contribution is 2.10. The van der Waals surface area contributed by atoms with Crippen molar-refractivity contribution in [2.75, 3.05) is 13.2 Å². The second kappa shape index (κ2) is 6.06. The van der Waals surface area contributed by atoms with Gasteiger partial charge in [-0.3, -0.25) is 0 Å². The van der Waals surface area contributed by atoms with Gasteiger partial charge in [0.15, 0.2) is 0 Å². The van der Waals surface area contributed by atoms with Gasteiger partial charge in [-0.05, 0) is 6.07 Å². The molecule has 0 atom stereocenters. The van der Waals surface area contributed by atoms with E-state index in [1.54, 1.807) is 12.1 Å². The van der Waals surface area contributed by atoms with Crippen LogP contribution in [0.4, 0.5) is 0 Å². The molecule has 0 unspecified atom stereocenters. The Morgan fingerprint density at radius 3 is 2.75 bits per heavy atom. The zero-order valence-electron chi connectivity index (χ0n) is 6.37.